The van der Waals surface area contributed by atoms with E-state index in [0.29, 0.717) is 18.3 Å². The van der Waals surface area contributed by atoms with Gasteiger partial charge in [-0.3, -0.25) is 4.79 Å². The van der Waals surface area contributed by atoms with E-state index in [4.69, 9.17) is 0 Å². The van der Waals surface area contributed by atoms with Gasteiger partial charge < -0.3 is 5.32 Å². The van der Waals surface area contributed by atoms with Gasteiger partial charge in [0.1, 0.15) is 0 Å². The second-order valence-corrected chi connectivity index (χ2v) is 4.44. The van der Waals surface area contributed by atoms with Gasteiger partial charge in [0, 0.05) is 18.3 Å². The number of amides is 1. The van der Waals surface area contributed by atoms with E-state index in [1.807, 2.05) is 0 Å². The number of hydrogen-bond acceptors (Lipinski definition) is 1. The zero-order valence-electron chi connectivity index (χ0n) is 9.14. The Bertz CT molecular complexity index is 349. The molecule has 0 saturated heterocycles. The minimum Gasteiger partial charge on any atom is -0.352 e. The number of benzene rings is 1. The lowest BCUT2D eigenvalue weighted by Gasteiger charge is -2.08. The van der Waals surface area contributed by atoms with E-state index < -0.39 is 0 Å². The van der Waals surface area contributed by atoms with Crippen molar-refractivity contribution in [3.05, 3.63) is 34.9 Å². The molecule has 1 aromatic rings. The SMILES string of the molecule is Cc1ccc(C)c(CNC(=O)CCBr)c1. The number of carbonyl (C=O) groups excluding carboxylic acids is 1. The van der Waals surface area contributed by atoms with Crippen molar-refractivity contribution in [1.82, 2.24) is 5.32 Å². The van der Waals surface area contributed by atoms with Gasteiger partial charge in [-0.15, -0.1) is 0 Å². The van der Waals surface area contributed by atoms with Crippen molar-refractivity contribution in [3.63, 3.8) is 0 Å². The number of hydrogen-bond donors (Lipinski definition) is 1. The van der Waals surface area contributed by atoms with Crippen LogP contribution in [-0.2, 0) is 11.3 Å². The second-order valence-electron chi connectivity index (χ2n) is 3.65. The number of carbonyl (C=O) groups is 1. The molecule has 3 heteroatoms. The summed E-state index contributed by atoms with van der Waals surface area (Å²) < 4.78 is 0. The number of nitrogens with one attached hydrogen (secondary N) is 1. The summed E-state index contributed by atoms with van der Waals surface area (Å²) in [5.74, 6) is 0.0905. The van der Waals surface area contributed by atoms with Gasteiger partial charge in [0.25, 0.3) is 0 Å². The molecule has 82 valence electrons. The number of halogens is 1. The van der Waals surface area contributed by atoms with Crippen LogP contribution in [0, 0.1) is 13.8 Å². The fraction of sp³-hybridized carbons (Fsp3) is 0.417. The first-order chi connectivity index (χ1) is 7.13. The topological polar surface area (TPSA) is 29.1 Å². The first-order valence-corrected chi connectivity index (χ1v) is 6.14. The third-order valence-electron chi connectivity index (χ3n) is 2.30. The van der Waals surface area contributed by atoms with Crippen molar-refractivity contribution in [2.24, 2.45) is 0 Å². The maximum Gasteiger partial charge on any atom is 0.221 e. The Morgan fingerprint density at radius 1 is 1.40 bits per heavy atom. The lowest BCUT2D eigenvalue weighted by molar-refractivity contribution is -0.120. The van der Waals surface area contributed by atoms with Gasteiger partial charge in [-0.05, 0) is 25.0 Å². The van der Waals surface area contributed by atoms with Crippen molar-refractivity contribution in [1.29, 1.82) is 0 Å². The van der Waals surface area contributed by atoms with Crippen LogP contribution < -0.4 is 5.32 Å². The van der Waals surface area contributed by atoms with Crippen LogP contribution in [0.25, 0.3) is 0 Å². The van der Waals surface area contributed by atoms with Gasteiger partial charge in [-0.25, -0.2) is 0 Å². The lowest BCUT2D eigenvalue weighted by Crippen LogP contribution is -2.23. The van der Waals surface area contributed by atoms with Crippen molar-refractivity contribution in [3.8, 4) is 0 Å². The zero-order valence-corrected chi connectivity index (χ0v) is 10.7. The summed E-state index contributed by atoms with van der Waals surface area (Å²) in [6, 6.07) is 6.28. The van der Waals surface area contributed by atoms with Crippen molar-refractivity contribution >= 4 is 21.8 Å². The summed E-state index contributed by atoms with van der Waals surface area (Å²) >= 11 is 3.24. The average molecular weight is 270 g/mol. The van der Waals surface area contributed by atoms with E-state index in [1.165, 1.54) is 16.7 Å². The summed E-state index contributed by atoms with van der Waals surface area (Å²) in [5, 5.41) is 3.61. The fourth-order valence-corrected chi connectivity index (χ4v) is 1.72. The molecule has 1 rings (SSSR count). The third-order valence-corrected chi connectivity index (χ3v) is 2.70. The molecule has 0 aliphatic rings. The van der Waals surface area contributed by atoms with Gasteiger partial charge in [0.15, 0.2) is 0 Å². The van der Waals surface area contributed by atoms with E-state index in [2.05, 4.69) is 53.3 Å². The van der Waals surface area contributed by atoms with Crippen LogP contribution in [0.5, 0.6) is 0 Å². The highest BCUT2D eigenvalue weighted by molar-refractivity contribution is 9.09. The summed E-state index contributed by atoms with van der Waals surface area (Å²) in [6.07, 6.45) is 0.533. The molecule has 0 atom stereocenters. The monoisotopic (exact) mass is 269 g/mol. The van der Waals surface area contributed by atoms with E-state index >= 15 is 0 Å². The highest BCUT2D eigenvalue weighted by Gasteiger charge is 2.02. The van der Waals surface area contributed by atoms with Crippen LogP contribution in [0.4, 0.5) is 0 Å². The molecule has 1 amide bonds. The maximum atomic E-state index is 11.3. The molecule has 0 aliphatic carbocycles. The van der Waals surface area contributed by atoms with Crippen molar-refractivity contribution < 1.29 is 4.79 Å². The Balaban J connectivity index is 2.57. The molecule has 0 unspecified atom stereocenters. The normalized spacial score (nSPS) is 10.1. The molecule has 0 aromatic heterocycles. The second kappa shape index (κ2) is 5.91. The summed E-state index contributed by atoms with van der Waals surface area (Å²) in [7, 11) is 0. The Labute approximate surface area is 99.2 Å². The summed E-state index contributed by atoms with van der Waals surface area (Å²) in [4.78, 5) is 11.3. The van der Waals surface area contributed by atoms with E-state index in [1.54, 1.807) is 0 Å². The van der Waals surface area contributed by atoms with Gasteiger partial charge in [0.2, 0.25) is 5.91 Å². The highest BCUT2D eigenvalue weighted by Crippen LogP contribution is 2.10. The molecular formula is C12H16BrNO. The molecular weight excluding hydrogens is 254 g/mol. The Morgan fingerprint density at radius 3 is 2.80 bits per heavy atom. The molecule has 0 spiro atoms. The zero-order chi connectivity index (χ0) is 11.3. The Kier molecular flexibility index (Phi) is 4.82. The first-order valence-electron chi connectivity index (χ1n) is 5.02. The summed E-state index contributed by atoms with van der Waals surface area (Å²) in [5.41, 5.74) is 3.64. The van der Waals surface area contributed by atoms with Crippen molar-refractivity contribution in [2.75, 3.05) is 5.33 Å². The predicted molar refractivity (Wildman–Crippen MR) is 66.2 cm³/mol. The van der Waals surface area contributed by atoms with E-state index in [0.717, 1.165) is 0 Å². The quantitative estimate of drug-likeness (QED) is 0.837. The minimum absolute atomic E-state index is 0.0905. The smallest absolute Gasteiger partial charge is 0.221 e. The molecule has 1 N–H and O–H groups in total. The molecule has 15 heavy (non-hydrogen) atoms. The third kappa shape index (κ3) is 4.04. The molecule has 2 nitrogen and oxygen atoms in total. The van der Waals surface area contributed by atoms with Crippen LogP contribution in [0.3, 0.4) is 0 Å². The molecule has 0 saturated carbocycles. The number of alkyl halides is 1. The maximum absolute atomic E-state index is 11.3. The first kappa shape index (κ1) is 12.2. The minimum atomic E-state index is 0.0905. The van der Waals surface area contributed by atoms with Crippen LogP contribution in [0.2, 0.25) is 0 Å². The summed E-state index contributed by atoms with van der Waals surface area (Å²) in [6.45, 7) is 4.74. The molecule has 0 heterocycles. The Morgan fingerprint density at radius 2 is 2.13 bits per heavy atom. The molecule has 0 fully saturated rings. The van der Waals surface area contributed by atoms with Gasteiger partial charge in [-0.1, -0.05) is 39.7 Å². The largest absolute Gasteiger partial charge is 0.352 e. The van der Waals surface area contributed by atoms with Gasteiger partial charge in [-0.2, -0.15) is 0 Å². The highest BCUT2D eigenvalue weighted by atomic mass is 79.9. The van der Waals surface area contributed by atoms with Crippen molar-refractivity contribution in [2.45, 2.75) is 26.8 Å². The number of rotatable bonds is 4. The average Bonchev–Trinajstić information content (AvgIpc) is 2.20. The molecule has 0 aliphatic heterocycles. The van der Waals surface area contributed by atoms with Crippen LogP contribution in [0.15, 0.2) is 18.2 Å². The standard InChI is InChI=1S/C12H16BrNO/c1-9-3-4-10(2)11(7-9)8-14-12(15)5-6-13/h3-4,7H,5-6,8H2,1-2H3,(H,14,15). The van der Waals surface area contributed by atoms with Gasteiger partial charge >= 0.3 is 0 Å². The molecule has 0 radical (unpaired) electrons. The number of aryl methyl sites for hydroxylation is 2. The molecule has 0 bridgehead atoms. The molecule has 1 aromatic carbocycles. The predicted octanol–water partition coefficient (Wildman–Crippen LogP) is 2.70. The van der Waals surface area contributed by atoms with E-state index in [-0.39, 0.29) is 5.91 Å². The lowest BCUT2D eigenvalue weighted by atomic mass is 10.1. The van der Waals surface area contributed by atoms with Crippen LogP contribution in [0.1, 0.15) is 23.1 Å². The fourth-order valence-electron chi connectivity index (χ4n) is 1.36. The Hall–Kier alpha value is -0.830. The van der Waals surface area contributed by atoms with Crippen LogP contribution in [-0.4, -0.2) is 11.2 Å². The van der Waals surface area contributed by atoms with E-state index in [9.17, 15) is 4.79 Å². The van der Waals surface area contributed by atoms with Gasteiger partial charge in [0.05, 0.1) is 0 Å². The van der Waals surface area contributed by atoms with Crippen LogP contribution >= 0.6 is 15.9 Å².